The standard InChI is InChI=1S/C22H24N4O2/c1-15-23-21(25-18-11-10-17(27-2)13-20(18)28-3)14-22(24-15)26-12-6-8-16-7-4-5-9-19(16)26/h4-5,7,9-11,13-14H,6,8,12H2,1-3H3,(H,23,24,25). The average molecular weight is 376 g/mol. The molecule has 0 fully saturated rings. The van der Waals surface area contributed by atoms with Crippen molar-refractivity contribution in [1.82, 2.24) is 9.97 Å². The van der Waals surface area contributed by atoms with Crippen molar-refractivity contribution in [3.05, 3.63) is 59.9 Å². The van der Waals surface area contributed by atoms with E-state index in [1.54, 1.807) is 14.2 Å². The van der Waals surface area contributed by atoms with Crippen LogP contribution in [0.3, 0.4) is 0 Å². The normalized spacial score (nSPS) is 13.0. The fourth-order valence-electron chi connectivity index (χ4n) is 3.57. The molecule has 3 aromatic rings. The monoisotopic (exact) mass is 376 g/mol. The highest BCUT2D eigenvalue weighted by molar-refractivity contribution is 5.70. The third-order valence-electron chi connectivity index (χ3n) is 4.88. The van der Waals surface area contributed by atoms with Crippen LogP contribution in [-0.4, -0.2) is 30.7 Å². The largest absolute Gasteiger partial charge is 0.497 e. The van der Waals surface area contributed by atoms with Crippen LogP contribution in [0.4, 0.5) is 23.0 Å². The van der Waals surface area contributed by atoms with Crippen molar-refractivity contribution in [2.75, 3.05) is 31.0 Å². The Morgan fingerprint density at radius 1 is 1.00 bits per heavy atom. The first-order valence-electron chi connectivity index (χ1n) is 9.38. The second kappa shape index (κ2) is 7.76. The number of rotatable bonds is 5. The number of benzene rings is 2. The lowest BCUT2D eigenvalue weighted by Crippen LogP contribution is -2.25. The molecule has 0 spiro atoms. The van der Waals surface area contributed by atoms with Crippen molar-refractivity contribution < 1.29 is 9.47 Å². The molecule has 2 aromatic carbocycles. The smallest absolute Gasteiger partial charge is 0.146 e. The van der Waals surface area contributed by atoms with E-state index in [0.29, 0.717) is 5.75 Å². The summed E-state index contributed by atoms with van der Waals surface area (Å²) in [6.07, 6.45) is 2.21. The van der Waals surface area contributed by atoms with Gasteiger partial charge in [-0.15, -0.1) is 0 Å². The molecule has 6 heteroatoms. The van der Waals surface area contributed by atoms with Crippen LogP contribution in [0.15, 0.2) is 48.5 Å². The number of hydrogen-bond donors (Lipinski definition) is 1. The Kier molecular flexibility index (Phi) is 5.02. The first-order valence-corrected chi connectivity index (χ1v) is 9.38. The lowest BCUT2D eigenvalue weighted by Gasteiger charge is -2.30. The molecule has 1 N–H and O–H groups in total. The highest BCUT2D eigenvalue weighted by Crippen LogP contribution is 2.35. The average Bonchev–Trinajstić information content (AvgIpc) is 2.73. The van der Waals surface area contributed by atoms with E-state index in [4.69, 9.17) is 14.5 Å². The molecular formula is C22H24N4O2. The van der Waals surface area contributed by atoms with Crippen molar-refractivity contribution in [3.8, 4) is 11.5 Å². The summed E-state index contributed by atoms with van der Waals surface area (Å²) in [5.74, 6) is 3.78. The van der Waals surface area contributed by atoms with Gasteiger partial charge in [0.25, 0.3) is 0 Å². The van der Waals surface area contributed by atoms with Crippen LogP contribution in [0.1, 0.15) is 17.8 Å². The Bertz CT molecular complexity index is 990. The SMILES string of the molecule is COc1ccc(Nc2cc(N3CCCc4ccccc43)nc(C)n2)c(OC)c1. The second-order valence-electron chi connectivity index (χ2n) is 6.73. The predicted molar refractivity (Wildman–Crippen MR) is 111 cm³/mol. The van der Waals surface area contributed by atoms with E-state index < -0.39 is 0 Å². The third kappa shape index (κ3) is 3.58. The van der Waals surface area contributed by atoms with Crippen molar-refractivity contribution in [2.24, 2.45) is 0 Å². The molecule has 1 aromatic heterocycles. The molecule has 1 aliphatic rings. The zero-order chi connectivity index (χ0) is 19.5. The molecule has 0 atom stereocenters. The number of hydrogen-bond acceptors (Lipinski definition) is 6. The second-order valence-corrected chi connectivity index (χ2v) is 6.73. The maximum atomic E-state index is 5.49. The van der Waals surface area contributed by atoms with Gasteiger partial charge in [0.1, 0.15) is 29.0 Å². The minimum absolute atomic E-state index is 0.695. The highest BCUT2D eigenvalue weighted by atomic mass is 16.5. The molecule has 0 bridgehead atoms. The number of para-hydroxylation sites is 1. The molecule has 0 radical (unpaired) electrons. The van der Waals surface area contributed by atoms with Gasteiger partial charge in [-0.05, 0) is 43.5 Å². The molecule has 6 nitrogen and oxygen atoms in total. The van der Waals surface area contributed by atoms with Crippen molar-refractivity contribution in [2.45, 2.75) is 19.8 Å². The van der Waals surface area contributed by atoms with E-state index in [9.17, 15) is 0 Å². The van der Waals surface area contributed by atoms with Crippen LogP contribution in [0.2, 0.25) is 0 Å². The summed E-state index contributed by atoms with van der Waals surface area (Å²) in [5, 5.41) is 3.36. The van der Waals surface area contributed by atoms with Crippen LogP contribution in [-0.2, 0) is 6.42 Å². The van der Waals surface area contributed by atoms with E-state index in [1.165, 1.54) is 11.3 Å². The number of anilines is 4. The molecule has 0 saturated heterocycles. The molecule has 4 rings (SSSR count). The summed E-state index contributed by atoms with van der Waals surface area (Å²) >= 11 is 0. The summed E-state index contributed by atoms with van der Waals surface area (Å²) in [6.45, 7) is 2.86. The minimum atomic E-state index is 0.695. The van der Waals surface area contributed by atoms with Gasteiger partial charge in [-0.3, -0.25) is 0 Å². The highest BCUT2D eigenvalue weighted by Gasteiger charge is 2.20. The van der Waals surface area contributed by atoms with Gasteiger partial charge in [0, 0.05) is 24.4 Å². The number of aromatic nitrogens is 2. The Morgan fingerprint density at radius 2 is 1.86 bits per heavy atom. The van der Waals surface area contributed by atoms with Crippen LogP contribution in [0.25, 0.3) is 0 Å². The number of fused-ring (bicyclic) bond motifs is 1. The van der Waals surface area contributed by atoms with Gasteiger partial charge in [0.05, 0.1) is 19.9 Å². The van der Waals surface area contributed by atoms with Gasteiger partial charge in [-0.1, -0.05) is 18.2 Å². The summed E-state index contributed by atoms with van der Waals surface area (Å²) in [6, 6.07) is 16.2. The molecule has 0 saturated carbocycles. The Labute approximate surface area is 165 Å². The first kappa shape index (κ1) is 18.1. The van der Waals surface area contributed by atoms with Gasteiger partial charge >= 0.3 is 0 Å². The zero-order valence-corrected chi connectivity index (χ0v) is 16.4. The number of methoxy groups -OCH3 is 2. The lowest BCUT2D eigenvalue weighted by molar-refractivity contribution is 0.395. The van der Waals surface area contributed by atoms with Crippen LogP contribution >= 0.6 is 0 Å². The molecule has 28 heavy (non-hydrogen) atoms. The Balaban J connectivity index is 1.68. The van der Waals surface area contributed by atoms with Gasteiger partial charge in [-0.2, -0.15) is 0 Å². The molecule has 0 aliphatic carbocycles. The van der Waals surface area contributed by atoms with Crippen LogP contribution in [0, 0.1) is 6.92 Å². The summed E-state index contributed by atoms with van der Waals surface area (Å²) in [5.41, 5.74) is 3.41. The van der Waals surface area contributed by atoms with Crippen molar-refractivity contribution in [1.29, 1.82) is 0 Å². The van der Waals surface area contributed by atoms with Crippen molar-refractivity contribution in [3.63, 3.8) is 0 Å². The number of aryl methyl sites for hydroxylation is 2. The predicted octanol–water partition coefficient (Wildman–Crippen LogP) is 4.63. The Hall–Kier alpha value is -3.28. The quantitative estimate of drug-likeness (QED) is 0.701. The summed E-state index contributed by atoms with van der Waals surface area (Å²) in [4.78, 5) is 11.5. The van der Waals surface area contributed by atoms with E-state index in [2.05, 4.69) is 39.5 Å². The molecule has 1 aliphatic heterocycles. The fraction of sp³-hybridized carbons (Fsp3) is 0.273. The molecular weight excluding hydrogens is 352 g/mol. The van der Waals surface area contributed by atoms with Crippen molar-refractivity contribution >= 4 is 23.0 Å². The molecule has 0 unspecified atom stereocenters. The summed E-state index contributed by atoms with van der Waals surface area (Å²) in [7, 11) is 3.28. The lowest BCUT2D eigenvalue weighted by atomic mass is 10.0. The first-order chi connectivity index (χ1) is 13.7. The van der Waals surface area contributed by atoms with E-state index in [-0.39, 0.29) is 0 Å². The third-order valence-corrected chi connectivity index (χ3v) is 4.88. The van der Waals surface area contributed by atoms with E-state index in [1.807, 2.05) is 31.2 Å². The van der Waals surface area contributed by atoms with Crippen LogP contribution < -0.4 is 19.7 Å². The van der Waals surface area contributed by atoms with Crippen LogP contribution in [0.5, 0.6) is 11.5 Å². The topological polar surface area (TPSA) is 59.5 Å². The fourth-order valence-corrected chi connectivity index (χ4v) is 3.57. The number of nitrogens with zero attached hydrogens (tertiary/aromatic N) is 3. The van der Waals surface area contributed by atoms with Gasteiger partial charge in [0.2, 0.25) is 0 Å². The Morgan fingerprint density at radius 3 is 2.68 bits per heavy atom. The maximum Gasteiger partial charge on any atom is 0.146 e. The number of nitrogens with one attached hydrogen (secondary N) is 1. The van der Waals surface area contributed by atoms with E-state index >= 15 is 0 Å². The maximum absolute atomic E-state index is 5.49. The van der Waals surface area contributed by atoms with Gasteiger partial charge in [-0.25, -0.2) is 9.97 Å². The van der Waals surface area contributed by atoms with Gasteiger partial charge in [0.15, 0.2) is 0 Å². The molecule has 144 valence electrons. The van der Waals surface area contributed by atoms with Gasteiger partial charge < -0.3 is 19.7 Å². The number of ether oxygens (including phenoxy) is 2. The molecule has 2 heterocycles. The zero-order valence-electron chi connectivity index (χ0n) is 16.4. The minimum Gasteiger partial charge on any atom is -0.497 e. The van der Waals surface area contributed by atoms with E-state index in [0.717, 1.165) is 48.3 Å². The summed E-state index contributed by atoms with van der Waals surface area (Å²) < 4.78 is 10.8. The molecule has 0 amide bonds.